The molecule has 0 aliphatic carbocycles. The quantitative estimate of drug-likeness (QED) is 0.771. The molecule has 1 heterocycles. The Kier molecular flexibility index (Phi) is 6.75. The van der Waals surface area contributed by atoms with E-state index in [1.54, 1.807) is 12.1 Å². The molecule has 0 spiro atoms. The molecule has 1 unspecified atom stereocenters. The SMILES string of the molecule is Cc1ccc(C(CNC(=O)COc2ccc(Cl)c(C)c2)N2CCCC2)cc1. The lowest BCUT2D eigenvalue weighted by molar-refractivity contribution is -0.123. The van der Waals surface area contributed by atoms with E-state index in [1.807, 2.05) is 13.0 Å². The van der Waals surface area contributed by atoms with Crippen molar-refractivity contribution in [3.63, 3.8) is 0 Å². The van der Waals surface area contributed by atoms with Crippen LogP contribution >= 0.6 is 11.6 Å². The Morgan fingerprint density at radius 2 is 1.85 bits per heavy atom. The maximum absolute atomic E-state index is 12.3. The monoisotopic (exact) mass is 386 g/mol. The fourth-order valence-corrected chi connectivity index (χ4v) is 3.53. The molecule has 2 aromatic rings. The van der Waals surface area contributed by atoms with Crippen LogP contribution in [0.4, 0.5) is 0 Å². The lowest BCUT2D eigenvalue weighted by atomic mass is 10.0. The van der Waals surface area contributed by atoms with Gasteiger partial charge in [0.05, 0.1) is 6.04 Å². The molecule has 1 amide bonds. The van der Waals surface area contributed by atoms with Crippen LogP contribution in [0.25, 0.3) is 0 Å². The van der Waals surface area contributed by atoms with Gasteiger partial charge in [-0.2, -0.15) is 0 Å². The predicted molar refractivity (Wildman–Crippen MR) is 109 cm³/mol. The van der Waals surface area contributed by atoms with Crippen LogP contribution in [0.1, 0.15) is 35.6 Å². The van der Waals surface area contributed by atoms with Crippen molar-refractivity contribution in [1.29, 1.82) is 0 Å². The third-order valence-electron chi connectivity index (χ3n) is 5.04. The van der Waals surface area contributed by atoms with Crippen LogP contribution in [0.3, 0.4) is 0 Å². The lowest BCUT2D eigenvalue weighted by Crippen LogP contribution is -2.38. The van der Waals surface area contributed by atoms with Gasteiger partial charge in [0, 0.05) is 11.6 Å². The first-order valence-electron chi connectivity index (χ1n) is 9.49. The van der Waals surface area contributed by atoms with Gasteiger partial charge in [-0.25, -0.2) is 0 Å². The maximum Gasteiger partial charge on any atom is 0.258 e. The van der Waals surface area contributed by atoms with Crippen LogP contribution in [0.5, 0.6) is 5.75 Å². The second kappa shape index (κ2) is 9.25. The van der Waals surface area contributed by atoms with E-state index >= 15 is 0 Å². The van der Waals surface area contributed by atoms with Gasteiger partial charge in [-0.15, -0.1) is 0 Å². The van der Waals surface area contributed by atoms with Crippen LogP contribution < -0.4 is 10.1 Å². The van der Waals surface area contributed by atoms with Gasteiger partial charge in [0.15, 0.2) is 6.61 Å². The van der Waals surface area contributed by atoms with Crippen molar-refractivity contribution in [2.24, 2.45) is 0 Å². The third kappa shape index (κ3) is 5.47. The van der Waals surface area contributed by atoms with Crippen LogP contribution in [0.15, 0.2) is 42.5 Å². The summed E-state index contributed by atoms with van der Waals surface area (Å²) in [5, 5.41) is 3.73. The smallest absolute Gasteiger partial charge is 0.258 e. The predicted octanol–water partition coefficient (Wildman–Crippen LogP) is 4.29. The number of carbonyl (C=O) groups excluding carboxylic acids is 1. The first-order valence-corrected chi connectivity index (χ1v) is 9.87. The molecule has 1 saturated heterocycles. The summed E-state index contributed by atoms with van der Waals surface area (Å²) in [5.41, 5.74) is 3.43. The van der Waals surface area contributed by atoms with Crippen molar-refractivity contribution >= 4 is 17.5 Å². The fraction of sp³-hybridized carbons (Fsp3) is 0.409. The minimum absolute atomic E-state index is 0.00168. The summed E-state index contributed by atoms with van der Waals surface area (Å²) in [5.74, 6) is 0.542. The summed E-state index contributed by atoms with van der Waals surface area (Å²) in [6.45, 7) is 6.75. The number of benzene rings is 2. The molecule has 0 aromatic heterocycles. The van der Waals surface area contributed by atoms with Gasteiger partial charge in [-0.05, 0) is 69.1 Å². The Labute approximate surface area is 166 Å². The Balaban J connectivity index is 1.56. The van der Waals surface area contributed by atoms with E-state index in [2.05, 4.69) is 41.4 Å². The number of halogens is 1. The zero-order valence-corrected chi connectivity index (χ0v) is 16.8. The molecule has 5 heteroatoms. The number of hydrogen-bond donors (Lipinski definition) is 1. The van der Waals surface area contributed by atoms with E-state index in [0.29, 0.717) is 17.3 Å². The number of rotatable bonds is 7. The maximum atomic E-state index is 12.3. The van der Waals surface area contributed by atoms with E-state index in [1.165, 1.54) is 24.0 Å². The Morgan fingerprint density at radius 3 is 2.52 bits per heavy atom. The number of aryl methyl sites for hydroxylation is 2. The van der Waals surface area contributed by atoms with E-state index in [4.69, 9.17) is 16.3 Å². The molecular weight excluding hydrogens is 360 g/mol. The molecule has 1 N–H and O–H groups in total. The topological polar surface area (TPSA) is 41.6 Å². The number of carbonyl (C=O) groups is 1. The minimum atomic E-state index is -0.112. The molecular formula is C22H27ClN2O2. The van der Waals surface area contributed by atoms with Crippen molar-refractivity contribution < 1.29 is 9.53 Å². The minimum Gasteiger partial charge on any atom is -0.484 e. The highest BCUT2D eigenvalue weighted by Gasteiger charge is 2.23. The van der Waals surface area contributed by atoms with Crippen molar-refractivity contribution in [3.8, 4) is 5.75 Å². The third-order valence-corrected chi connectivity index (χ3v) is 5.46. The molecule has 2 aromatic carbocycles. The first kappa shape index (κ1) is 19.7. The number of nitrogens with one attached hydrogen (secondary N) is 1. The highest BCUT2D eigenvalue weighted by molar-refractivity contribution is 6.31. The standard InChI is InChI=1S/C22H27ClN2O2/c1-16-5-7-18(8-6-16)21(25-11-3-4-12-25)14-24-22(26)15-27-19-9-10-20(23)17(2)13-19/h5-10,13,21H,3-4,11-12,14-15H2,1-2H3,(H,24,26). The number of likely N-dealkylation sites (tertiary alicyclic amines) is 1. The molecule has 3 rings (SSSR count). The summed E-state index contributed by atoms with van der Waals surface area (Å²) in [6.07, 6.45) is 2.44. The Morgan fingerprint density at radius 1 is 1.15 bits per heavy atom. The molecule has 27 heavy (non-hydrogen) atoms. The number of nitrogens with zero attached hydrogens (tertiary/aromatic N) is 1. The van der Waals surface area contributed by atoms with Crippen molar-refractivity contribution in [2.75, 3.05) is 26.2 Å². The molecule has 4 nitrogen and oxygen atoms in total. The summed E-state index contributed by atoms with van der Waals surface area (Å²) in [6, 6.07) is 14.2. The second-order valence-corrected chi connectivity index (χ2v) is 7.58. The summed E-state index contributed by atoms with van der Waals surface area (Å²) in [4.78, 5) is 14.7. The van der Waals surface area contributed by atoms with E-state index in [-0.39, 0.29) is 18.6 Å². The molecule has 1 fully saturated rings. The molecule has 0 bridgehead atoms. The number of ether oxygens (including phenoxy) is 1. The molecule has 1 aliphatic heterocycles. The van der Waals surface area contributed by atoms with Gasteiger partial charge >= 0.3 is 0 Å². The Hall–Kier alpha value is -2.04. The van der Waals surface area contributed by atoms with E-state index in [0.717, 1.165) is 18.7 Å². The van der Waals surface area contributed by atoms with Gasteiger partial charge in [0.1, 0.15) is 5.75 Å². The normalized spacial score (nSPS) is 15.5. The van der Waals surface area contributed by atoms with Gasteiger partial charge < -0.3 is 10.1 Å². The molecule has 0 radical (unpaired) electrons. The van der Waals surface area contributed by atoms with Crippen LogP contribution in [-0.2, 0) is 4.79 Å². The van der Waals surface area contributed by atoms with Crippen LogP contribution in [0, 0.1) is 13.8 Å². The average Bonchev–Trinajstić information content (AvgIpc) is 3.19. The average molecular weight is 387 g/mol. The largest absolute Gasteiger partial charge is 0.484 e. The van der Waals surface area contributed by atoms with Crippen LogP contribution in [0.2, 0.25) is 5.02 Å². The van der Waals surface area contributed by atoms with Crippen molar-refractivity contribution in [3.05, 3.63) is 64.2 Å². The zero-order chi connectivity index (χ0) is 19.2. The highest BCUT2D eigenvalue weighted by atomic mass is 35.5. The van der Waals surface area contributed by atoms with E-state index < -0.39 is 0 Å². The Bertz CT molecular complexity index is 770. The highest BCUT2D eigenvalue weighted by Crippen LogP contribution is 2.25. The van der Waals surface area contributed by atoms with Crippen molar-refractivity contribution in [2.45, 2.75) is 32.7 Å². The molecule has 144 valence electrons. The lowest BCUT2D eigenvalue weighted by Gasteiger charge is -2.28. The molecule has 0 saturated carbocycles. The molecule has 1 atom stereocenters. The van der Waals surface area contributed by atoms with Crippen molar-refractivity contribution in [1.82, 2.24) is 10.2 Å². The zero-order valence-electron chi connectivity index (χ0n) is 16.0. The van der Waals surface area contributed by atoms with Gasteiger partial charge in [-0.3, -0.25) is 9.69 Å². The summed E-state index contributed by atoms with van der Waals surface area (Å²) in [7, 11) is 0. The second-order valence-electron chi connectivity index (χ2n) is 7.17. The number of hydrogen-bond acceptors (Lipinski definition) is 3. The van der Waals surface area contributed by atoms with Crippen LogP contribution in [-0.4, -0.2) is 37.0 Å². The fourth-order valence-electron chi connectivity index (χ4n) is 3.42. The first-order chi connectivity index (χ1) is 13.0. The van der Waals surface area contributed by atoms with E-state index in [9.17, 15) is 4.79 Å². The summed E-state index contributed by atoms with van der Waals surface area (Å²) < 4.78 is 5.60. The van der Waals surface area contributed by atoms with Gasteiger partial charge in [0.25, 0.3) is 5.91 Å². The van der Waals surface area contributed by atoms with Gasteiger partial charge in [-0.1, -0.05) is 41.4 Å². The summed E-state index contributed by atoms with van der Waals surface area (Å²) >= 11 is 6.02. The molecule has 1 aliphatic rings. The van der Waals surface area contributed by atoms with Gasteiger partial charge in [0.2, 0.25) is 0 Å². The number of amides is 1.